The second-order valence-corrected chi connectivity index (χ2v) is 37.8. The van der Waals surface area contributed by atoms with E-state index in [4.69, 9.17) is 51.1 Å². The standard InChI is InChI=1S/C25H33ClFN9O.C25H32ClFN8O2.C24H29ClFN7.C22H27ClFN7/c1-15-11-21(30-24-29-14-19(26)23(32-24)31-22-12-16(2)33-34-22)20(27)13-18(15)17-5-8-36(9-6-17)25(37)28-7-10-35(3)4;1-15-11-21(29-24-28-14-19(26)23(31-24)30-22-12-16(2)32-33-22)20(27)13-18(15)17-5-7-35(8-6-17)25(36)37-10-9-34(3)4;1-14-10-21(20(26)12-18(14)16-6-8-33(9-7-16)17-4-3-5-17)28-24-27-13-19(25)23(30-24)29-22-11-15(2)31-32-22;1-4-15-10-20(30-29-15)27-21-17(23)12-25-22(28-21)26-19-9-13(2)16(11-18(19)24)14-5-7-31(3)8-6-14/h11-14,17H,5-10H2,1-4H3,(H,28,37)(H3,29,30,31,32,33,34);11-14,17H,5-10H2,1-4H3,(H3,28,29,30,31,32,33);10-13,16-17H,3-9H2,1-2H3,(H3,27,28,29,30,31,32);9-12,14H,4-8H2,1-3H3,(H3,25,26,27,28,29,30). The van der Waals surface area contributed by atoms with E-state index in [9.17, 15) is 14.0 Å². The van der Waals surface area contributed by atoms with Crippen LogP contribution < -0.4 is 47.9 Å². The number of nitrogens with zero attached hydrogens (tertiary/aromatic N) is 18. The molecule has 4 saturated heterocycles. The Kier molecular flexibility index (Phi) is 34.9. The van der Waals surface area contributed by atoms with Crippen LogP contribution in [0.4, 0.5) is 120 Å². The normalized spacial score (nSPS) is 15.3. The van der Waals surface area contributed by atoms with Crippen LogP contribution in [0.1, 0.15) is 169 Å². The second kappa shape index (κ2) is 47.4. The molecule has 0 atom stereocenters. The van der Waals surface area contributed by atoms with Crippen LogP contribution in [0.25, 0.3) is 0 Å². The molecule has 734 valence electrons. The average molecular weight is 1980 g/mol. The number of piperidine rings is 4. The van der Waals surface area contributed by atoms with Crippen LogP contribution in [-0.4, -0.2) is 242 Å². The summed E-state index contributed by atoms with van der Waals surface area (Å²) in [7, 11) is 9.94. The maximum Gasteiger partial charge on any atom is 0.409 e. The lowest BCUT2D eigenvalue weighted by molar-refractivity contribution is 0.0872. The highest BCUT2D eigenvalue weighted by atomic mass is 35.5. The summed E-state index contributed by atoms with van der Waals surface area (Å²) in [5.74, 6) is 4.49. The smallest absolute Gasteiger partial charge is 0.409 e. The molecule has 13 N–H and O–H groups in total. The summed E-state index contributed by atoms with van der Waals surface area (Å²) < 4.78 is 65.7. The van der Waals surface area contributed by atoms with Gasteiger partial charge in [0.2, 0.25) is 23.8 Å². The van der Waals surface area contributed by atoms with Crippen LogP contribution in [0.15, 0.2) is 97.6 Å². The van der Waals surface area contributed by atoms with Crippen LogP contribution in [0, 0.1) is 71.7 Å². The number of urea groups is 1. The number of aromatic nitrogens is 16. The van der Waals surface area contributed by atoms with Crippen LogP contribution in [0.3, 0.4) is 0 Å². The number of aromatic amines is 4. The van der Waals surface area contributed by atoms with E-state index < -0.39 is 5.82 Å². The molecule has 0 spiro atoms. The fraction of sp³-hybridized carbons (Fsp3) is 0.438. The quantitative estimate of drug-likeness (QED) is 0.0203. The minimum atomic E-state index is -0.401. The Bertz CT molecular complexity index is 5950. The molecule has 5 fully saturated rings. The average Bonchev–Trinajstić information content (AvgIpc) is 1.68. The molecule has 4 aromatic carbocycles. The van der Waals surface area contributed by atoms with E-state index in [0.29, 0.717) is 136 Å². The number of hydrogen-bond donors (Lipinski definition) is 13. The van der Waals surface area contributed by atoms with Gasteiger partial charge in [0, 0.05) is 98.9 Å². The fourth-order valence-corrected chi connectivity index (χ4v) is 17.9. The first kappa shape index (κ1) is 102. The number of halogens is 8. The molecule has 4 aliphatic heterocycles. The Morgan fingerprint density at radius 2 is 0.732 bits per heavy atom. The largest absolute Gasteiger partial charge is 0.448 e. The predicted molar refractivity (Wildman–Crippen MR) is 537 cm³/mol. The monoisotopic (exact) mass is 1970 g/mol. The molecule has 12 heterocycles. The number of amides is 3. The van der Waals surface area contributed by atoms with Crippen molar-refractivity contribution in [2.75, 3.05) is 156 Å². The molecule has 34 nitrogen and oxygen atoms in total. The van der Waals surface area contributed by atoms with Crippen molar-refractivity contribution < 1.29 is 31.9 Å². The highest BCUT2D eigenvalue weighted by Crippen LogP contribution is 2.42. The van der Waals surface area contributed by atoms with Crippen molar-refractivity contribution in [1.82, 2.24) is 115 Å². The summed E-state index contributed by atoms with van der Waals surface area (Å²) in [6.07, 6.45) is 17.8. The van der Waals surface area contributed by atoms with Crippen molar-refractivity contribution >= 4 is 152 Å². The Balaban J connectivity index is 0.000000147. The van der Waals surface area contributed by atoms with Crippen molar-refractivity contribution in [3.05, 3.63) is 208 Å². The van der Waals surface area contributed by atoms with Crippen molar-refractivity contribution in [3.63, 3.8) is 0 Å². The van der Waals surface area contributed by atoms with Gasteiger partial charge in [0.25, 0.3) is 0 Å². The number of likely N-dealkylation sites (tertiary alicyclic amines) is 4. The van der Waals surface area contributed by atoms with Gasteiger partial charge >= 0.3 is 12.1 Å². The van der Waals surface area contributed by atoms with Gasteiger partial charge in [0.05, 0.1) is 47.5 Å². The number of carbonyl (C=O) groups is 2. The summed E-state index contributed by atoms with van der Waals surface area (Å²) in [5, 5.41) is 56.4. The number of likely N-dealkylation sites (N-methyl/N-ethyl adjacent to an activating group) is 2. The molecule has 0 bridgehead atoms. The van der Waals surface area contributed by atoms with E-state index in [1.165, 1.54) is 44.0 Å². The van der Waals surface area contributed by atoms with Gasteiger partial charge in [-0.1, -0.05) is 59.7 Å². The van der Waals surface area contributed by atoms with E-state index >= 15 is 13.2 Å². The summed E-state index contributed by atoms with van der Waals surface area (Å²) >= 11 is 24.9. The molecular weight excluding hydrogens is 1850 g/mol. The van der Waals surface area contributed by atoms with Crippen LogP contribution in [0.2, 0.25) is 20.1 Å². The van der Waals surface area contributed by atoms with Crippen LogP contribution in [-0.2, 0) is 11.2 Å². The molecule has 0 radical (unpaired) electrons. The first-order valence-corrected chi connectivity index (χ1v) is 48.0. The van der Waals surface area contributed by atoms with Gasteiger partial charge in [0.1, 0.15) is 50.0 Å². The van der Waals surface area contributed by atoms with Crippen molar-refractivity contribution in [1.29, 1.82) is 0 Å². The van der Waals surface area contributed by atoms with Crippen LogP contribution >= 0.6 is 46.4 Å². The van der Waals surface area contributed by atoms with Gasteiger partial charge < -0.3 is 82.0 Å². The Morgan fingerprint density at radius 3 is 1.04 bits per heavy atom. The molecule has 0 unspecified atom stereocenters. The lowest BCUT2D eigenvalue weighted by Gasteiger charge is -2.42. The molecule has 17 rings (SSSR count). The number of H-pyrrole nitrogens is 4. The number of hydrogen-bond acceptors (Lipinski definition) is 27. The molecule has 3 amide bonds. The summed E-state index contributed by atoms with van der Waals surface area (Å²) in [6.45, 7) is 24.9. The third kappa shape index (κ3) is 27.6. The first-order chi connectivity index (χ1) is 66.3. The van der Waals surface area contributed by atoms with Crippen LogP contribution in [0.5, 0.6) is 0 Å². The Morgan fingerprint density at radius 1 is 0.413 bits per heavy atom. The minimum Gasteiger partial charge on any atom is -0.448 e. The van der Waals surface area contributed by atoms with Gasteiger partial charge in [-0.15, -0.1) is 0 Å². The lowest BCUT2D eigenvalue weighted by Crippen LogP contribution is -2.45. The van der Waals surface area contributed by atoms with Crippen molar-refractivity contribution in [2.45, 2.75) is 162 Å². The lowest BCUT2D eigenvalue weighted by atomic mass is 9.83. The molecule has 1 aliphatic carbocycles. The number of anilines is 16. The fourth-order valence-electron chi connectivity index (χ4n) is 17.3. The molecule has 1 saturated carbocycles. The van der Waals surface area contributed by atoms with Gasteiger partial charge in [-0.05, 0) is 297 Å². The number of aryl methyl sites for hydroxylation is 8. The predicted octanol–water partition coefficient (Wildman–Crippen LogP) is 20.5. The van der Waals surface area contributed by atoms with Gasteiger partial charge in [-0.25, -0.2) is 47.1 Å². The number of ether oxygens (including phenoxy) is 1. The summed E-state index contributed by atoms with van der Waals surface area (Å²) in [5.41, 5.74) is 13.1. The highest BCUT2D eigenvalue weighted by Gasteiger charge is 2.33. The molecule has 12 aromatic rings. The molecule has 8 aromatic heterocycles. The molecule has 42 heteroatoms. The summed E-state index contributed by atoms with van der Waals surface area (Å²) in [6, 6.07) is 21.8. The second-order valence-electron chi connectivity index (χ2n) is 36.2. The number of benzene rings is 4. The molecular formula is C96H121Cl4F4N31O3. The third-order valence-electron chi connectivity index (χ3n) is 25.2. The zero-order valence-corrected chi connectivity index (χ0v) is 82.9. The maximum atomic E-state index is 15.2. The van der Waals surface area contributed by atoms with E-state index in [0.717, 1.165) is 164 Å². The maximum absolute atomic E-state index is 15.2. The Hall–Kier alpha value is -12.3. The zero-order valence-electron chi connectivity index (χ0n) is 79.9. The highest BCUT2D eigenvalue weighted by molar-refractivity contribution is 6.34. The number of carbonyl (C=O) groups excluding carboxylic acids is 2. The molecule has 5 aliphatic rings. The topological polar surface area (TPSA) is 389 Å². The first-order valence-electron chi connectivity index (χ1n) is 46.5. The van der Waals surface area contributed by atoms with Gasteiger partial charge in [-0.3, -0.25) is 20.4 Å². The number of nitrogens with one attached hydrogen (secondary N) is 13. The third-order valence-corrected chi connectivity index (χ3v) is 26.3. The number of rotatable bonds is 28. The minimum absolute atomic E-state index is 0.0398. The molecule has 138 heavy (non-hydrogen) atoms. The van der Waals surface area contributed by atoms with Gasteiger partial charge in [0.15, 0.2) is 46.5 Å². The van der Waals surface area contributed by atoms with E-state index in [2.05, 4.69) is 145 Å². The Labute approximate surface area is 820 Å². The zero-order chi connectivity index (χ0) is 98.0. The van der Waals surface area contributed by atoms with E-state index in [1.54, 1.807) is 41.3 Å². The SMILES string of the molecule is CCc1cc(Nc2nc(Nc3cc(C)c(C4CCN(C)CC4)cc3F)ncc2Cl)n[nH]1.Cc1cc(Nc2nc(Nc3cc(C)c(C4CCN(C(=O)NCCN(C)C)CC4)cc3F)ncc2Cl)n[nH]1.Cc1cc(Nc2nc(Nc3cc(C)c(C4CCN(C(=O)OCCN(C)C)CC4)cc3F)ncc2Cl)n[nH]1.Cc1cc(Nc2nc(Nc3cc(C)c(C4CCN(C5CCC5)CC4)cc3F)ncc2Cl)n[nH]1. The van der Waals surface area contributed by atoms with Crippen molar-refractivity contribution in [2.24, 2.45) is 0 Å². The van der Waals surface area contributed by atoms with E-state index in [-0.39, 0.29) is 76.6 Å². The van der Waals surface area contributed by atoms with Gasteiger partial charge in [-0.2, -0.15) is 40.3 Å². The van der Waals surface area contributed by atoms with E-state index in [1.807, 2.05) is 135 Å². The van der Waals surface area contributed by atoms with Crippen molar-refractivity contribution in [3.8, 4) is 0 Å². The summed E-state index contributed by atoms with van der Waals surface area (Å²) in [4.78, 5) is 71.5.